The molecule has 0 saturated carbocycles. The molecule has 0 unspecified atom stereocenters. The molecule has 9 nitrogen and oxygen atoms in total. The maximum Gasteiger partial charge on any atom is 0.265 e. The van der Waals surface area contributed by atoms with E-state index in [9.17, 15) is 12.8 Å². The third kappa shape index (κ3) is 4.54. The number of benzene rings is 2. The maximum absolute atomic E-state index is 13.6. The van der Waals surface area contributed by atoms with Crippen molar-refractivity contribution in [2.24, 2.45) is 0 Å². The quantitative estimate of drug-likeness (QED) is 0.410. The lowest BCUT2D eigenvalue weighted by atomic mass is 10.1. The fourth-order valence-corrected chi connectivity index (χ4v) is 5.22. The molecule has 2 aromatic carbocycles. The van der Waals surface area contributed by atoms with Crippen LogP contribution < -0.4 is 10.0 Å². The van der Waals surface area contributed by atoms with Crippen molar-refractivity contribution in [3.8, 4) is 5.69 Å². The molecule has 12 heteroatoms. The van der Waals surface area contributed by atoms with Gasteiger partial charge < -0.3 is 10.1 Å². The van der Waals surface area contributed by atoms with E-state index in [-0.39, 0.29) is 21.9 Å². The first-order chi connectivity index (χ1) is 16.4. The summed E-state index contributed by atoms with van der Waals surface area (Å²) in [7, 11) is -4.08. The highest BCUT2D eigenvalue weighted by Crippen LogP contribution is 2.28. The maximum atomic E-state index is 13.6. The van der Waals surface area contributed by atoms with Crippen LogP contribution >= 0.6 is 11.6 Å². The van der Waals surface area contributed by atoms with Crippen molar-refractivity contribution in [1.29, 1.82) is 0 Å². The van der Waals surface area contributed by atoms with E-state index >= 15 is 0 Å². The number of anilines is 2. The number of imidazole rings is 1. The van der Waals surface area contributed by atoms with Gasteiger partial charge in [0.05, 0.1) is 16.9 Å². The molecule has 0 bridgehead atoms. The molecular formula is C22H20ClFN6O3S. The molecule has 1 fully saturated rings. The molecule has 1 aliphatic rings. The zero-order chi connectivity index (χ0) is 23.7. The molecule has 0 amide bonds. The molecule has 1 aliphatic heterocycles. The third-order valence-electron chi connectivity index (χ3n) is 5.39. The number of halogens is 2. The topological polar surface area (TPSA) is 111 Å². The number of fused-ring (bicyclic) bond motifs is 1. The molecular weight excluding hydrogens is 483 g/mol. The van der Waals surface area contributed by atoms with Crippen LogP contribution in [0.5, 0.6) is 0 Å². The monoisotopic (exact) mass is 502 g/mol. The molecule has 34 heavy (non-hydrogen) atoms. The lowest BCUT2D eigenvalue weighted by Crippen LogP contribution is -2.28. The predicted molar refractivity (Wildman–Crippen MR) is 126 cm³/mol. The van der Waals surface area contributed by atoms with E-state index in [1.54, 1.807) is 12.1 Å². The van der Waals surface area contributed by atoms with Crippen LogP contribution in [0.4, 0.5) is 16.3 Å². The largest absolute Gasteiger partial charge is 0.381 e. The van der Waals surface area contributed by atoms with Gasteiger partial charge in [0, 0.05) is 19.3 Å². The Bertz CT molecular complexity index is 1440. The van der Waals surface area contributed by atoms with Gasteiger partial charge in [0.1, 0.15) is 16.2 Å². The zero-order valence-electron chi connectivity index (χ0n) is 17.8. The average molecular weight is 503 g/mol. The average Bonchev–Trinajstić information content (AvgIpc) is 3.17. The molecule has 176 valence electrons. The summed E-state index contributed by atoms with van der Waals surface area (Å²) in [6.07, 6.45) is 3.15. The van der Waals surface area contributed by atoms with E-state index in [0.29, 0.717) is 36.0 Å². The molecule has 0 atom stereocenters. The number of ether oxygens (including phenoxy) is 1. The first kappa shape index (κ1) is 22.5. The number of hydrogen-bond donors (Lipinski definition) is 2. The minimum absolute atomic E-state index is 0.0287. The zero-order valence-corrected chi connectivity index (χ0v) is 19.4. The van der Waals surface area contributed by atoms with Crippen molar-refractivity contribution < 1.29 is 17.5 Å². The normalized spacial score (nSPS) is 14.9. The Balaban J connectivity index is 1.60. The highest BCUT2D eigenvalue weighted by Gasteiger charge is 2.24. The fraction of sp³-hybridized carbons (Fsp3) is 0.227. The van der Waals surface area contributed by atoms with Gasteiger partial charge in [-0.2, -0.15) is 4.98 Å². The Hall–Kier alpha value is -3.28. The van der Waals surface area contributed by atoms with Crippen molar-refractivity contribution in [2.75, 3.05) is 23.3 Å². The molecule has 2 aromatic heterocycles. The number of nitrogens with one attached hydrogen (secondary N) is 2. The van der Waals surface area contributed by atoms with E-state index < -0.39 is 15.8 Å². The molecule has 1 saturated heterocycles. The standard InChI is InChI=1S/C22H20ClFN6O3S/c23-17-3-1-2-4-19(17)34(31,32)29-22-27-18-13-25-21(26-15-9-11-33-12-10-15)28-20(18)30(22)16-7-5-14(24)6-8-16/h1-8,13,15H,9-12H2,(H,27,29)(H,25,26,28). The predicted octanol–water partition coefficient (Wildman–Crippen LogP) is 4.00. The van der Waals surface area contributed by atoms with Crippen LogP contribution in [0.3, 0.4) is 0 Å². The van der Waals surface area contributed by atoms with E-state index in [2.05, 4.69) is 25.0 Å². The highest BCUT2D eigenvalue weighted by atomic mass is 35.5. The number of aromatic nitrogens is 4. The van der Waals surface area contributed by atoms with E-state index in [0.717, 1.165) is 12.8 Å². The fourth-order valence-electron chi connectivity index (χ4n) is 3.71. The summed E-state index contributed by atoms with van der Waals surface area (Å²) in [6.45, 7) is 1.31. The Labute approximate surface area is 200 Å². The van der Waals surface area contributed by atoms with Crippen LogP contribution in [-0.4, -0.2) is 47.2 Å². The summed E-state index contributed by atoms with van der Waals surface area (Å²) < 4.78 is 49.2. The second-order valence-corrected chi connectivity index (χ2v) is 9.77. The van der Waals surface area contributed by atoms with Gasteiger partial charge in [-0.3, -0.25) is 4.57 Å². The minimum atomic E-state index is -4.08. The second-order valence-electron chi connectivity index (χ2n) is 7.72. The Kier molecular flexibility index (Phi) is 6.07. The number of hydrogen-bond acceptors (Lipinski definition) is 7. The summed E-state index contributed by atoms with van der Waals surface area (Å²) in [5.74, 6) is -0.0786. The smallest absolute Gasteiger partial charge is 0.265 e. The van der Waals surface area contributed by atoms with Crippen molar-refractivity contribution in [3.05, 3.63) is 65.6 Å². The van der Waals surface area contributed by atoms with Gasteiger partial charge >= 0.3 is 0 Å². The molecule has 5 rings (SSSR count). The number of rotatable bonds is 6. The molecule has 4 aromatic rings. The van der Waals surface area contributed by atoms with Crippen LogP contribution in [0.2, 0.25) is 5.02 Å². The van der Waals surface area contributed by atoms with Gasteiger partial charge in [0.2, 0.25) is 11.9 Å². The van der Waals surface area contributed by atoms with Crippen LogP contribution in [0.25, 0.3) is 16.9 Å². The van der Waals surface area contributed by atoms with Gasteiger partial charge in [0.25, 0.3) is 10.0 Å². The molecule has 3 heterocycles. The van der Waals surface area contributed by atoms with Crippen LogP contribution in [-0.2, 0) is 14.8 Å². The van der Waals surface area contributed by atoms with Crippen molar-refractivity contribution >= 4 is 44.7 Å². The van der Waals surface area contributed by atoms with Crippen LogP contribution in [0.1, 0.15) is 12.8 Å². The van der Waals surface area contributed by atoms with Gasteiger partial charge in [0.15, 0.2) is 5.65 Å². The van der Waals surface area contributed by atoms with Gasteiger partial charge in [-0.25, -0.2) is 27.5 Å². The summed E-state index contributed by atoms with van der Waals surface area (Å²) in [4.78, 5) is 13.2. The van der Waals surface area contributed by atoms with Gasteiger partial charge in [-0.1, -0.05) is 23.7 Å². The van der Waals surface area contributed by atoms with Crippen LogP contribution in [0.15, 0.2) is 59.6 Å². The summed E-state index contributed by atoms with van der Waals surface area (Å²) in [5.41, 5.74) is 1.18. The first-order valence-electron chi connectivity index (χ1n) is 10.5. The Morgan fingerprint density at radius 3 is 2.53 bits per heavy atom. The van der Waals surface area contributed by atoms with Crippen molar-refractivity contribution in [2.45, 2.75) is 23.8 Å². The molecule has 2 N–H and O–H groups in total. The number of sulfonamides is 1. The molecule has 0 radical (unpaired) electrons. The van der Waals surface area contributed by atoms with Gasteiger partial charge in [-0.15, -0.1) is 0 Å². The summed E-state index contributed by atoms with van der Waals surface area (Å²) in [6, 6.07) is 11.8. The van der Waals surface area contributed by atoms with Crippen molar-refractivity contribution in [3.63, 3.8) is 0 Å². The third-order valence-corrected chi connectivity index (χ3v) is 7.22. The van der Waals surface area contributed by atoms with Crippen molar-refractivity contribution in [1.82, 2.24) is 19.5 Å². The highest BCUT2D eigenvalue weighted by molar-refractivity contribution is 7.92. The van der Waals surface area contributed by atoms with Crippen LogP contribution in [0, 0.1) is 5.82 Å². The summed E-state index contributed by atoms with van der Waals surface area (Å²) in [5, 5.41) is 3.36. The Morgan fingerprint density at radius 2 is 1.79 bits per heavy atom. The SMILES string of the molecule is O=S(=O)(Nc1nc2cnc(NC3CCOCC3)nc2n1-c1ccc(F)cc1)c1ccccc1Cl. The molecule has 0 spiro atoms. The van der Waals surface area contributed by atoms with E-state index in [1.807, 2.05) is 0 Å². The lowest BCUT2D eigenvalue weighted by molar-refractivity contribution is 0.0903. The summed E-state index contributed by atoms with van der Waals surface area (Å²) >= 11 is 6.11. The van der Waals surface area contributed by atoms with E-state index in [1.165, 1.54) is 47.2 Å². The minimum Gasteiger partial charge on any atom is -0.381 e. The Morgan fingerprint density at radius 1 is 1.06 bits per heavy atom. The molecule has 0 aliphatic carbocycles. The van der Waals surface area contributed by atoms with E-state index in [4.69, 9.17) is 16.3 Å². The number of nitrogens with zero attached hydrogens (tertiary/aromatic N) is 4. The first-order valence-corrected chi connectivity index (χ1v) is 12.4. The van der Waals surface area contributed by atoms with Gasteiger partial charge in [-0.05, 0) is 49.2 Å². The lowest BCUT2D eigenvalue weighted by Gasteiger charge is -2.22. The second kappa shape index (κ2) is 9.16.